The Morgan fingerprint density at radius 2 is 2.00 bits per heavy atom. The Labute approximate surface area is 135 Å². The van der Waals surface area contributed by atoms with Crippen molar-refractivity contribution in [2.75, 3.05) is 12.8 Å². The third-order valence-electron chi connectivity index (χ3n) is 4.03. The Morgan fingerprint density at radius 1 is 1.33 bits per heavy atom. The first-order valence-electron chi connectivity index (χ1n) is 7.38. The summed E-state index contributed by atoms with van der Waals surface area (Å²) in [4.78, 5) is 13.3. The average molecular weight is 328 g/mol. The van der Waals surface area contributed by atoms with Gasteiger partial charge in [-0.2, -0.15) is 0 Å². The molecule has 116 valence electrons. The van der Waals surface area contributed by atoms with E-state index in [1.165, 1.54) is 0 Å². The van der Waals surface area contributed by atoms with E-state index in [2.05, 4.69) is 5.32 Å². The summed E-state index contributed by atoms with van der Waals surface area (Å²) >= 11 is 7.67. The van der Waals surface area contributed by atoms with Gasteiger partial charge in [-0.05, 0) is 37.3 Å². The summed E-state index contributed by atoms with van der Waals surface area (Å²) in [6, 6.07) is 5.42. The third-order valence-corrected chi connectivity index (χ3v) is 5.09. The second-order valence-corrected chi connectivity index (χ2v) is 6.95. The molecular weight excluding hydrogens is 306 g/mol. The SMILES string of the molecule is CSc1ccc(Cl)c(C(=O)NCC2(O)CCCCCC2)c1. The van der Waals surface area contributed by atoms with Crippen LogP contribution in [0.4, 0.5) is 0 Å². The molecule has 0 radical (unpaired) electrons. The quantitative estimate of drug-likeness (QED) is 0.652. The van der Waals surface area contributed by atoms with Crippen LogP contribution in [0.3, 0.4) is 0 Å². The molecule has 0 aromatic heterocycles. The van der Waals surface area contributed by atoms with Crippen molar-refractivity contribution in [2.45, 2.75) is 49.0 Å². The number of halogens is 1. The summed E-state index contributed by atoms with van der Waals surface area (Å²) in [6.45, 7) is 0.297. The molecule has 0 saturated heterocycles. The number of aliphatic hydroxyl groups is 1. The second kappa shape index (κ2) is 7.52. The van der Waals surface area contributed by atoms with E-state index in [1.807, 2.05) is 12.3 Å². The fraction of sp³-hybridized carbons (Fsp3) is 0.562. The molecule has 1 aromatic carbocycles. The molecule has 1 aliphatic carbocycles. The van der Waals surface area contributed by atoms with Gasteiger partial charge in [0, 0.05) is 11.4 Å². The van der Waals surface area contributed by atoms with E-state index in [-0.39, 0.29) is 5.91 Å². The van der Waals surface area contributed by atoms with Gasteiger partial charge < -0.3 is 10.4 Å². The number of hydrogen-bond acceptors (Lipinski definition) is 3. The van der Waals surface area contributed by atoms with Crippen LogP contribution in [0.1, 0.15) is 48.9 Å². The lowest BCUT2D eigenvalue weighted by Crippen LogP contribution is -2.42. The predicted molar refractivity (Wildman–Crippen MR) is 88.2 cm³/mol. The predicted octanol–water partition coefficient (Wildman–Crippen LogP) is 3.88. The highest BCUT2D eigenvalue weighted by Gasteiger charge is 2.28. The molecule has 1 saturated carbocycles. The molecule has 0 aliphatic heterocycles. The lowest BCUT2D eigenvalue weighted by atomic mass is 9.94. The summed E-state index contributed by atoms with van der Waals surface area (Å²) in [5, 5.41) is 13.9. The molecule has 0 heterocycles. The maximum absolute atomic E-state index is 12.3. The van der Waals surface area contributed by atoms with Gasteiger partial charge in [0.05, 0.1) is 16.2 Å². The molecule has 5 heteroatoms. The number of hydrogen-bond donors (Lipinski definition) is 2. The number of nitrogens with one attached hydrogen (secondary N) is 1. The normalized spacial score (nSPS) is 18.0. The maximum atomic E-state index is 12.3. The van der Waals surface area contributed by atoms with Gasteiger partial charge in [-0.25, -0.2) is 0 Å². The molecule has 0 spiro atoms. The summed E-state index contributed by atoms with van der Waals surface area (Å²) in [5.74, 6) is -0.214. The van der Waals surface area contributed by atoms with Crippen molar-refractivity contribution < 1.29 is 9.90 Å². The van der Waals surface area contributed by atoms with Crippen LogP contribution in [0.5, 0.6) is 0 Å². The minimum absolute atomic E-state index is 0.214. The van der Waals surface area contributed by atoms with Crippen molar-refractivity contribution in [2.24, 2.45) is 0 Å². The maximum Gasteiger partial charge on any atom is 0.252 e. The number of benzene rings is 1. The first-order chi connectivity index (χ1) is 10.0. The van der Waals surface area contributed by atoms with E-state index < -0.39 is 5.60 Å². The van der Waals surface area contributed by atoms with E-state index in [0.717, 1.165) is 43.4 Å². The number of carbonyl (C=O) groups excluding carboxylic acids is 1. The highest BCUT2D eigenvalue weighted by molar-refractivity contribution is 7.98. The highest BCUT2D eigenvalue weighted by Crippen LogP contribution is 2.27. The second-order valence-electron chi connectivity index (χ2n) is 5.67. The molecule has 1 aliphatic rings. The first kappa shape index (κ1) is 16.7. The molecule has 1 aromatic rings. The van der Waals surface area contributed by atoms with Gasteiger partial charge in [-0.1, -0.05) is 37.3 Å². The van der Waals surface area contributed by atoms with Gasteiger partial charge in [0.25, 0.3) is 5.91 Å². The summed E-state index contributed by atoms with van der Waals surface area (Å²) in [6.07, 6.45) is 7.84. The van der Waals surface area contributed by atoms with Crippen LogP contribution in [0, 0.1) is 0 Å². The lowest BCUT2D eigenvalue weighted by molar-refractivity contribution is 0.0246. The van der Waals surface area contributed by atoms with Crippen LogP contribution < -0.4 is 5.32 Å². The van der Waals surface area contributed by atoms with E-state index in [1.54, 1.807) is 23.9 Å². The number of carbonyl (C=O) groups is 1. The molecule has 0 bridgehead atoms. The minimum Gasteiger partial charge on any atom is -0.388 e. The summed E-state index contributed by atoms with van der Waals surface area (Å²) in [5.41, 5.74) is -0.295. The van der Waals surface area contributed by atoms with Crippen LogP contribution in [-0.2, 0) is 0 Å². The van der Waals surface area contributed by atoms with E-state index >= 15 is 0 Å². The third kappa shape index (κ3) is 4.63. The number of thioether (sulfide) groups is 1. The van der Waals surface area contributed by atoms with Crippen LogP contribution in [0.15, 0.2) is 23.1 Å². The molecule has 1 amide bonds. The molecule has 0 unspecified atom stereocenters. The Kier molecular flexibility index (Phi) is 5.97. The van der Waals surface area contributed by atoms with Crippen molar-refractivity contribution >= 4 is 29.3 Å². The Hall–Kier alpha value is -0.710. The fourth-order valence-electron chi connectivity index (χ4n) is 2.71. The van der Waals surface area contributed by atoms with E-state index in [4.69, 9.17) is 11.6 Å². The van der Waals surface area contributed by atoms with Crippen LogP contribution in [0.25, 0.3) is 0 Å². The topological polar surface area (TPSA) is 49.3 Å². The van der Waals surface area contributed by atoms with Crippen LogP contribution in [-0.4, -0.2) is 29.4 Å². The van der Waals surface area contributed by atoms with E-state index in [9.17, 15) is 9.90 Å². The molecule has 1 fully saturated rings. The van der Waals surface area contributed by atoms with Crippen molar-refractivity contribution in [3.63, 3.8) is 0 Å². The van der Waals surface area contributed by atoms with Crippen molar-refractivity contribution in [1.82, 2.24) is 5.32 Å². The van der Waals surface area contributed by atoms with Crippen LogP contribution in [0.2, 0.25) is 5.02 Å². The minimum atomic E-state index is -0.768. The zero-order valence-corrected chi connectivity index (χ0v) is 13.9. The molecule has 2 N–H and O–H groups in total. The lowest BCUT2D eigenvalue weighted by Gasteiger charge is -2.26. The number of rotatable bonds is 4. The molecular formula is C16H22ClNO2S. The van der Waals surface area contributed by atoms with Gasteiger partial charge in [0.2, 0.25) is 0 Å². The van der Waals surface area contributed by atoms with Gasteiger partial charge >= 0.3 is 0 Å². The van der Waals surface area contributed by atoms with E-state index in [0.29, 0.717) is 17.1 Å². The Balaban J connectivity index is 2.01. The smallest absolute Gasteiger partial charge is 0.252 e. The van der Waals surface area contributed by atoms with Gasteiger partial charge in [-0.15, -0.1) is 11.8 Å². The zero-order chi connectivity index (χ0) is 15.3. The van der Waals surface area contributed by atoms with Gasteiger partial charge in [0.15, 0.2) is 0 Å². The number of amides is 1. The molecule has 0 atom stereocenters. The van der Waals surface area contributed by atoms with Crippen molar-refractivity contribution in [3.05, 3.63) is 28.8 Å². The summed E-state index contributed by atoms with van der Waals surface area (Å²) < 4.78 is 0. The van der Waals surface area contributed by atoms with Crippen molar-refractivity contribution in [3.8, 4) is 0 Å². The molecule has 21 heavy (non-hydrogen) atoms. The average Bonchev–Trinajstić information content (AvgIpc) is 2.71. The largest absolute Gasteiger partial charge is 0.388 e. The summed E-state index contributed by atoms with van der Waals surface area (Å²) in [7, 11) is 0. The van der Waals surface area contributed by atoms with Gasteiger partial charge in [-0.3, -0.25) is 4.79 Å². The standard InChI is InChI=1S/C16H22ClNO2S/c1-21-12-6-7-14(17)13(10-12)15(19)18-11-16(20)8-4-2-3-5-9-16/h6-7,10,20H,2-5,8-9,11H2,1H3,(H,18,19). The van der Waals surface area contributed by atoms with Crippen LogP contribution >= 0.6 is 23.4 Å². The monoisotopic (exact) mass is 327 g/mol. The Morgan fingerprint density at radius 3 is 2.62 bits per heavy atom. The van der Waals surface area contributed by atoms with Gasteiger partial charge in [0.1, 0.15) is 0 Å². The zero-order valence-electron chi connectivity index (χ0n) is 12.3. The first-order valence-corrected chi connectivity index (χ1v) is 8.98. The van der Waals surface area contributed by atoms with Crippen molar-refractivity contribution in [1.29, 1.82) is 0 Å². The molecule has 3 nitrogen and oxygen atoms in total. The fourth-order valence-corrected chi connectivity index (χ4v) is 3.35. The molecule has 2 rings (SSSR count). The highest BCUT2D eigenvalue weighted by atomic mass is 35.5. The Bertz CT molecular complexity index is 499.